The van der Waals surface area contributed by atoms with Gasteiger partial charge in [0.25, 0.3) is 0 Å². The van der Waals surface area contributed by atoms with Gasteiger partial charge in [-0.3, -0.25) is 0 Å². The summed E-state index contributed by atoms with van der Waals surface area (Å²) in [5.41, 5.74) is 4.94. The highest BCUT2D eigenvalue weighted by atomic mass is 16.4. The van der Waals surface area contributed by atoms with Crippen LogP contribution in [0.2, 0.25) is 0 Å². The van der Waals surface area contributed by atoms with E-state index in [1.165, 1.54) is 5.56 Å². The Morgan fingerprint density at radius 1 is 0.739 bits per heavy atom. The molecule has 0 bridgehead atoms. The Morgan fingerprint density at radius 2 is 1.35 bits per heavy atom. The number of hydrogen-bond acceptors (Lipinski definition) is 2. The first-order valence-electron chi connectivity index (χ1n) is 7.51. The molecule has 0 radical (unpaired) electrons. The Kier molecular flexibility index (Phi) is 2.98. The monoisotopic (exact) mass is 300 g/mol. The van der Waals surface area contributed by atoms with E-state index in [-0.39, 0.29) is 0 Å². The van der Waals surface area contributed by atoms with Crippen molar-refractivity contribution in [1.82, 2.24) is 0 Å². The van der Waals surface area contributed by atoms with E-state index < -0.39 is 0 Å². The fourth-order valence-electron chi connectivity index (χ4n) is 2.88. The molecule has 0 saturated carbocycles. The van der Waals surface area contributed by atoms with Crippen LogP contribution < -0.4 is 0 Å². The summed E-state index contributed by atoms with van der Waals surface area (Å²) in [6.45, 7) is 9.76. The molecular formula is C21H16O2. The van der Waals surface area contributed by atoms with E-state index in [0.717, 1.165) is 44.6 Å². The minimum Gasteiger partial charge on any atom is -0.453 e. The SMILES string of the molecule is C=Cc1cc2cc(-c3cc4cc(C)ccc4o3)oc2cc1C=C. The summed E-state index contributed by atoms with van der Waals surface area (Å²) >= 11 is 0. The van der Waals surface area contributed by atoms with Gasteiger partial charge in [0.15, 0.2) is 11.5 Å². The summed E-state index contributed by atoms with van der Waals surface area (Å²) in [4.78, 5) is 0. The van der Waals surface area contributed by atoms with Crippen LogP contribution in [0.3, 0.4) is 0 Å². The molecule has 2 nitrogen and oxygen atoms in total. The molecule has 0 spiro atoms. The third kappa shape index (κ3) is 2.20. The van der Waals surface area contributed by atoms with E-state index in [1.54, 1.807) is 0 Å². The van der Waals surface area contributed by atoms with Crippen LogP contribution in [0.25, 0.3) is 45.6 Å². The third-order valence-electron chi connectivity index (χ3n) is 4.08. The molecule has 4 rings (SSSR count). The predicted molar refractivity (Wildman–Crippen MR) is 96.3 cm³/mol. The minimum absolute atomic E-state index is 0.727. The standard InChI is InChI=1S/C21H16O2/c1-4-14-9-17-12-21(23-19(17)10-15(14)5-2)20-11-16-8-13(3)6-7-18(16)22-20/h4-12H,1-2H2,3H3. The van der Waals surface area contributed by atoms with Gasteiger partial charge < -0.3 is 8.83 Å². The zero-order chi connectivity index (χ0) is 16.0. The van der Waals surface area contributed by atoms with Crippen LogP contribution in [0.4, 0.5) is 0 Å². The van der Waals surface area contributed by atoms with Crippen molar-refractivity contribution in [3.8, 4) is 11.5 Å². The van der Waals surface area contributed by atoms with E-state index in [4.69, 9.17) is 8.83 Å². The first-order valence-corrected chi connectivity index (χ1v) is 7.51. The maximum absolute atomic E-state index is 5.98. The lowest BCUT2D eigenvalue weighted by Crippen LogP contribution is -1.78. The maximum Gasteiger partial charge on any atom is 0.170 e. The van der Waals surface area contributed by atoms with E-state index in [2.05, 4.69) is 32.2 Å². The number of aryl methyl sites for hydroxylation is 1. The van der Waals surface area contributed by atoms with Crippen molar-refractivity contribution in [3.63, 3.8) is 0 Å². The molecule has 0 aliphatic heterocycles. The van der Waals surface area contributed by atoms with Crippen molar-refractivity contribution >= 4 is 34.1 Å². The van der Waals surface area contributed by atoms with E-state index >= 15 is 0 Å². The van der Waals surface area contributed by atoms with Crippen LogP contribution in [-0.2, 0) is 0 Å². The van der Waals surface area contributed by atoms with Crippen molar-refractivity contribution in [3.05, 3.63) is 72.3 Å². The number of hydrogen-bond donors (Lipinski definition) is 0. The lowest BCUT2D eigenvalue weighted by Gasteiger charge is -1.99. The molecule has 0 atom stereocenters. The summed E-state index contributed by atoms with van der Waals surface area (Å²) in [6.07, 6.45) is 3.63. The third-order valence-corrected chi connectivity index (χ3v) is 4.08. The maximum atomic E-state index is 5.98. The summed E-state index contributed by atoms with van der Waals surface area (Å²) < 4.78 is 11.9. The molecule has 2 heterocycles. The minimum atomic E-state index is 0.727. The molecule has 0 saturated heterocycles. The Morgan fingerprint density at radius 3 is 2.04 bits per heavy atom. The van der Waals surface area contributed by atoms with Gasteiger partial charge in [0.1, 0.15) is 11.2 Å². The summed E-state index contributed by atoms with van der Waals surface area (Å²) in [6, 6.07) is 14.2. The van der Waals surface area contributed by atoms with Gasteiger partial charge in [-0.15, -0.1) is 0 Å². The van der Waals surface area contributed by atoms with Crippen LogP contribution in [-0.4, -0.2) is 0 Å². The number of fused-ring (bicyclic) bond motifs is 2. The first kappa shape index (κ1) is 13.6. The lowest BCUT2D eigenvalue weighted by molar-refractivity contribution is 0.569. The molecule has 0 unspecified atom stereocenters. The normalized spacial score (nSPS) is 11.2. The molecule has 2 aromatic heterocycles. The molecule has 0 aliphatic carbocycles. The second-order valence-corrected chi connectivity index (χ2v) is 5.69. The van der Waals surface area contributed by atoms with Gasteiger partial charge >= 0.3 is 0 Å². The van der Waals surface area contributed by atoms with Gasteiger partial charge in [-0.1, -0.05) is 36.9 Å². The van der Waals surface area contributed by atoms with Gasteiger partial charge in [-0.05, 0) is 54.4 Å². The van der Waals surface area contributed by atoms with Crippen LogP contribution in [0.15, 0.2) is 64.5 Å². The van der Waals surface area contributed by atoms with E-state index in [1.807, 2.05) is 42.5 Å². The highest BCUT2D eigenvalue weighted by Gasteiger charge is 2.13. The molecule has 0 amide bonds. The van der Waals surface area contributed by atoms with Gasteiger partial charge in [-0.2, -0.15) is 0 Å². The number of benzene rings is 2. The zero-order valence-corrected chi connectivity index (χ0v) is 12.9. The smallest absolute Gasteiger partial charge is 0.170 e. The molecule has 0 fully saturated rings. The molecule has 0 aliphatic rings. The Labute approximate surface area is 134 Å². The largest absolute Gasteiger partial charge is 0.453 e. The van der Waals surface area contributed by atoms with Crippen molar-refractivity contribution < 1.29 is 8.83 Å². The number of rotatable bonds is 3. The molecule has 4 aromatic rings. The van der Waals surface area contributed by atoms with Gasteiger partial charge in [-0.25, -0.2) is 0 Å². The average molecular weight is 300 g/mol. The molecule has 2 heteroatoms. The second-order valence-electron chi connectivity index (χ2n) is 5.69. The topological polar surface area (TPSA) is 26.3 Å². The van der Waals surface area contributed by atoms with Crippen molar-refractivity contribution in [2.24, 2.45) is 0 Å². The number of furan rings is 2. The van der Waals surface area contributed by atoms with Crippen LogP contribution in [0, 0.1) is 6.92 Å². The summed E-state index contributed by atoms with van der Waals surface area (Å²) in [5, 5.41) is 2.11. The molecular weight excluding hydrogens is 284 g/mol. The van der Waals surface area contributed by atoms with Gasteiger partial charge in [0.05, 0.1) is 0 Å². The van der Waals surface area contributed by atoms with Crippen LogP contribution >= 0.6 is 0 Å². The highest BCUT2D eigenvalue weighted by molar-refractivity contribution is 5.89. The van der Waals surface area contributed by atoms with Crippen molar-refractivity contribution in [2.75, 3.05) is 0 Å². The average Bonchev–Trinajstić information content (AvgIpc) is 3.15. The Bertz CT molecular complexity index is 1020. The molecule has 0 N–H and O–H groups in total. The van der Waals surface area contributed by atoms with Gasteiger partial charge in [0.2, 0.25) is 0 Å². The Hall–Kier alpha value is -3.00. The fourth-order valence-corrected chi connectivity index (χ4v) is 2.88. The summed E-state index contributed by atoms with van der Waals surface area (Å²) in [7, 11) is 0. The van der Waals surface area contributed by atoms with Crippen LogP contribution in [0.5, 0.6) is 0 Å². The van der Waals surface area contributed by atoms with E-state index in [0.29, 0.717) is 0 Å². The van der Waals surface area contributed by atoms with Crippen molar-refractivity contribution in [1.29, 1.82) is 0 Å². The van der Waals surface area contributed by atoms with Crippen LogP contribution in [0.1, 0.15) is 16.7 Å². The molecule has 112 valence electrons. The van der Waals surface area contributed by atoms with Gasteiger partial charge in [0, 0.05) is 10.8 Å². The highest BCUT2D eigenvalue weighted by Crippen LogP contribution is 2.34. The second kappa shape index (κ2) is 5.03. The Balaban J connectivity index is 1.90. The zero-order valence-electron chi connectivity index (χ0n) is 12.9. The summed E-state index contributed by atoms with van der Waals surface area (Å²) in [5.74, 6) is 1.46. The fraction of sp³-hybridized carbons (Fsp3) is 0.0476. The predicted octanol–water partition coefficient (Wildman–Crippen LogP) is 6.44. The molecule has 2 aromatic carbocycles. The lowest BCUT2D eigenvalue weighted by atomic mass is 10.1. The quantitative estimate of drug-likeness (QED) is 0.435. The van der Waals surface area contributed by atoms with E-state index in [9.17, 15) is 0 Å². The van der Waals surface area contributed by atoms with Crippen molar-refractivity contribution in [2.45, 2.75) is 6.92 Å². The molecule has 23 heavy (non-hydrogen) atoms. The first-order chi connectivity index (χ1) is 11.2.